The highest BCUT2D eigenvalue weighted by Gasteiger charge is 2.17. The summed E-state index contributed by atoms with van der Waals surface area (Å²) < 4.78 is 1.52. The molecule has 7 heteroatoms. The molecule has 1 fully saturated rings. The van der Waals surface area contributed by atoms with Gasteiger partial charge in [0.1, 0.15) is 4.83 Å². The summed E-state index contributed by atoms with van der Waals surface area (Å²) in [6, 6.07) is 2.39. The lowest BCUT2D eigenvalue weighted by Gasteiger charge is -2.33. The minimum atomic E-state index is -0.0730. The van der Waals surface area contributed by atoms with Gasteiger partial charge in [-0.1, -0.05) is 6.42 Å². The summed E-state index contributed by atoms with van der Waals surface area (Å²) in [5.74, 6) is -0.0167. The average molecular weight is 348 g/mol. The first-order valence-corrected chi connectivity index (χ1v) is 9.46. The third-order valence-electron chi connectivity index (χ3n) is 4.69. The second-order valence-electron chi connectivity index (χ2n) is 6.36. The largest absolute Gasteiger partial charge is 0.355 e. The van der Waals surface area contributed by atoms with E-state index in [4.69, 9.17) is 0 Å². The number of carbonyl (C=O) groups excluding carboxylic acids is 1. The number of aromatic nitrogens is 2. The van der Waals surface area contributed by atoms with Gasteiger partial charge in [0.2, 0.25) is 5.91 Å². The molecule has 2 aromatic heterocycles. The van der Waals surface area contributed by atoms with Crippen LogP contribution < -0.4 is 10.9 Å². The Morgan fingerprint density at radius 3 is 3.12 bits per heavy atom. The van der Waals surface area contributed by atoms with Crippen LogP contribution >= 0.6 is 11.3 Å². The summed E-state index contributed by atoms with van der Waals surface area (Å²) in [5, 5.41) is 5.44. The van der Waals surface area contributed by atoms with Gasteiger partial charge in [-0.05, 0) is 37.8 Å². The van der Waals surface area contributed by atoms with Crippen LogP contribution in [0.2, 0.25) is 0 Å². The standard InChI is InChI=1S/C17H24N4O2S/c1-13-4-2-3-8-20(13)10-7-18-15(22)5-9-21-12-19-16-14(17(21)23)6-11-24-16/h6,11-13H,2-5,7-10H2,1H3,(H,18,22)/t13-/m1/s1. The van der Waals surface area contributed by atoms with Gasteiger partial charge in [-0.25, -0.2) is 4.98 Å². The number of likely N-dealkylation sites (tertiary alicyclic amines) is 1. The Labute approximate surface area is 145 Å². The number of aryl methyl sites for hydroxylation is 1. The summed E-state index contributed by atoms with van der Waals surface area (Å²) >= 11 is 1.45. The molecule has 0 radical (unpaired) electrons. The van der Waals surface area contributed by atoms with Crippen molar-refractivity contribution in [2.24, 2.45) is 0 Å². The zero-order chi connectivity index (χ0) is 16.9. The minimum Gasteiger partial charge on any atom is -0.355 e. The number of amides is 1. The molecule has 6 nitrogen and oxygen atoms in total. The highest BCUT2D eigenvalue weighted by Crippen LogP contribution is 2.15. The zero-order valence-electron chi connectivity index (χ0n) is 14.0. The van der Waals surface area contributed by atoms with Crippen molar-refractivity contribution < 1.29 is 4.79 Å². The van der Waals surface area contributed by atoms with Gasteiger partial charge in [0, 0.05) is 32.1 Å². The number of fused-ring (bicyclic) bond motifs is 1. The van der Waals surface area contributed by atoms with Gasteiger partial charge in [0.05, 0.1) is 11.7 Å². The molecule has 3 heterocycles. The van der Waals surface area contributed by atoms with Gasteiger partial charge in [0.15, 0.2) is 0 Å². The Bertz CT molecular complexity index is 754. The van der Waals surface area contributed by atoms with Crippen LogP contribution in [0.1, 0.15) is 32.6 Å². The second-order valence-corrected chi connectivity index (χ2v) is 7.26. The average Bonchev–Trinajstić information content (AvgIpc) is 3.05. The molecule has 1 N–H and O–H groups in total. The molecule has 0 spiro atoms. The third-order valence-corrected chi connectivity index (χ3v) is 5.51. The number of thiophene rings is 1. The zero-order valence-corrected chi connectivity index (χ0v) is 14.8. The molecule has 1 atom stereocenters. The van der Waals surface area contributed by atoms with Crippen molar-refractivity contribution in [3.8, 4) is 0 Å². The Hall–Kier alpha value is -1.73. The normalized spacial score (nSPS) is 18.8. The lowest BCUT2D eigenvalue weighted by molar-refractivity contribution is -0.121. The van der Waals surface area contributed by atoms with Gasteiger partial charge >= 0.3 is 0 Å². The number of rotatable bonds is 6. The monoisotopic (exact) mass is 348 g/mol. The Balaban J connectivity index is 1.45. The third kappa shape index (κ3) is 4.02. The van der Waals surface area contributed by atoms with Crippen LogP contribution in [-0.4, -0.2) is 46.0 Å². The van der Waals surface area contributed by atoms with E-state index in [1.807, 2.05) is 5.38 Å². The van der Waals surface area contributed by atoms with Crippen LogP contribution in [0.4, 0.5) is 0 Å². The van der Waals surface area contributed by atoms with E-state index in [0.29, 0.717) is 30.9 Å². The first kappa shape index (κ1) is 17.1. The van der Waals surface area contributed by atoms with Crippen LogP contribution in [0.5, 0.6) is 0 Å². The summed E-state index contributed by atoms with van der Waals surface area (Å²) in [5.41, 5.74) is -0.0730. The topological polar surface area (TPSA) is 67.2 Å². The number of nitrogens with zero attached hydrogens (tertiary/aromatic N) is 3. The molecule has 0 unspecified atom stereocenters. The number of nitrogens with one attached hydrogen (secondary N) is 1. The molecule has 1 aliphatic rings. The maximum Gasteiger partial charge on any atom is 0.262 e. The van der Waals surface area contributed by atoms with Gasteiger partial charge in [-0.3, -0.25) is 19.1 Å². The highest BCUT2D eigenvalue weighted by atomic mass is 32.1. The van der Waals surface area contributed by atoms with Crippen molar-refractivity contribution in [2.45, 2.75) is 45.2 Å². The molecular weight excluding hydrogens is 324 g/mol. The van der Waals surface area contributed by atoms with Crippen molar-refractivity contribution in [1.82, 2.24) is 19.8 Å². The predicted octanol–water partition coefficient (Wildman–Crippen LogP) is 1.84. The number of carbonyl (C=O) groups is 1. The fraction of sp³-hybridized carbons (Fsp3) is 0.588. The molecule has 1 amide bonds. The summed E-state index contributed by atoms with van der Waals surface area (Å²) in [7, 11) is 0. The van der Waals surface area contributed by atoms with Crippen LogP contribution in [0.25, 0.3) is 10.2 Å². The Morgan fingerprint density at radius 1 is 1.42 bits per heavy atom. The van der Waals surface area contributed by atoms with Crippen LogP contribution in [0, 0.1) is 0 Å². The molecule has 0 saturated carbocycles. The van der Waals surface area contributed by atoms with Gasteiger partial charge < -0.3 is 5.32 Å². The molecule has 0 aromatic carbocycles. The van der Waals surface area contributed by atoms with E-state index in [2.05, 4.69) is 22.1 Å². The highest BCUT2D eigenvalue weighted by molar-refractivity contribution is 7.16. The summed E-state index contributed by atoms with van der Waals surface area (Å²) in [6.07, 6.45) is 5.63. The number of piperidine rings is 1. The maximum absolute atomic E-state index is 12.2. The fourth-order valence-corrected chi connectivity index (χ4v) is 3.92. The Kier molecular flexibility index (Phi) is 5.63. The summed E-state index contributed by atoms with van der Waals surface area (Å²) in [6.45, 7) is 5.30. The minimum absolute atomic E-state index is 0.0167. The summed E-state index contributed by atoms with van der Waals surface area (Å²) in [4.78, 5) is 31.7. The van der Waals surface area contributed by atoms with E-state index >= 15 is 0 Å². The van der Waals surface area contributed by atoms with E-state index < -0.39 is 0 Å². The van der Waals surface area contributed by atoms with Crippen molar-refractivity contribution >= 4 is 27.5 Å². The van der Waals surface area contributed by atoms with E-state index in [1.165, 1.54) is 41.5 Å². The van der Waals surface area contributed by atoms with Crippen molar-refractivity contribution in [1.29, 1.82) is 0 Å². The Morgan fingerprint density at radius 2 is 2.29 bits per heavy atom. The molecule has 0 aliphatic carbocycles. The fourth-order valence-electron chi connectivity index (χ4n) is 3.19. The molecular formula is C17H24N4O2S. The molecule has 24 heavy (non-hydrogen) atoms. The van der Waals surface area contributed by atoms with Crippen molar-refractivity contribution in [3.63, 3.8) is 0 Å². The van der Waals surface area contributed by atoms with E-state index in [0.717, 1.165) is 17.9 Å². The first-order chi connectivity index (χ1) is 11.6. The molecule has 1 aliphatic heterocycles. The first-order valence-electron chi connectivity index (χ1n) is 8.58. The lowest BCUT2D eigenvalue weighted by atomic mass is 10.0. The predicted molar refractivity (Wildman–Crippen MR) is 96.4 cm³/mol. The lowest BCUT2D eigenvalue weighted by Crippen LogP contribution is -2.42. The molecule has 3 rings (SSSR count). The van der Waals surface area contributed by atoms with Crippen LogP contribution in [-0.2, 0) is 11.3 Å². The number of hydrogen-bond acceptors (Lipinski definition) is 5. The van der Waals surface area contributed by atoms with Crippen molar-refractivity contribution in [2.75, 3.05) is 19.6 Å². The van der Waals surface area contributed by atoms with Crippen molar-refractivity contribution in [3.05, 3.63) is 28.1 Å². The molecule has 0 bridgehead atoms. The van der Waals surface area contributed by atoms with E-state index in [9.17, 15) is 9.59 Å². The maximum atomic E-state index is 12.2. The van der Waals surface area contributed by atoms with E-state index in [-0.39, 0.29) is 11.5 Å². The van der Waals surface area contributed by atoms with Crippen LogP contribution in [0.3, 0.4) is 0 Å². The smallest absolute Gasteiger partial charge is 0.262 e. The van der Waals surface area contributed by atoms with Gasteiger partial charge in [-0.15, -0.1) is 11.3 Å². The van der Waals surface area contributed by atoms with Gasteiger partial charge in [-0.2, -0.15) is 0 Å². The SMILES string of the molecule is C[C@@H]1CCCCN1CCNC(=O)CCn1cnc2sccc2c1=O. The molecule has 130 valence electrons. The molecule has 2 aromatic rings. The quantitative estimate of drug-likeness (QED) is 0.865. The van der Waals surface area contributed by atoms with Crippen LogP contribution in [0.15, 0.2) is 22.6 Å². The molecule has 1 saturated heterocycles. The second kappa shape index (κ2) is 7.90. The van der Waals surface area contributed by atoms with E-state index in [1.54, 1.807) is 6.07 Å². The van der Waals surface area contributed by atoms with Gasteiger partial charge in [0.25, 0.3) is 5.56 Å². The number of hydrogen-bond donors (Lipinski definition) is 1.